The quantitative estimate of drug-likeness (QED) is 0.531. The van der Waals surface area contributed by atoms with Crippen LogP contribution in [0.5, 0.6) is 5.75 Å². The van der Waals surface area contributed by atoms with E-state index in [1.807, 2.05) is 60.7 Å². The second-order valence-corrected chi connectivity index (χ2v) is 5.20. The van der Waals surface area contributed by atoms with E-state index in [1.54, 1.807) is 0 Å². The molecule has 3 nitrogen and oxygen atoms in total. The predicted octanol–water partition coefficient (Wildman–Crippen LogP) is 3.80. The number of hydrogen-bond donors (Lipinski definition) is 1. The fourth-order valence-corrected chi connectivity index (χ4v) is 1.82. The summed E-state index contributed by atoms with van der Waals surface area (Å²) in [6.45, 7) is 0. The number of rotatable bonds is 3. The van der Waals surface area contributed by atoms with Crippen LogP contribution in [0, 0.1) is 0 Å². The largest absolute Gasteiger partial charge is 0.773 e. The molecule has 21 heavy (non-hydrogen) atoms. The van der Waals surface area contributed by atoms with Crippen molar-refractivity contribution in [2.45, 2.75) is 5.88 Å². The lowest BCUT2D eigenvalue weighted by atomic mass is 10.1. The average molecular weight is 324 g/mol. The van der Waals surface area contributed by atoms with Crippen LogP contribution in [0.25, 0.3) is 12.2 Å². The molecule has 0 aliphatic rings. The number of phenolic OH excluding ortho intramolecular Hbond substituents is 1. The third-order valence-electron chi connectivity index (χ3n) is 2.55. The van der Waals surface area contributed by atoms with E-state index in [0.717, 1.165) is 22.9 Å². The second kappa shape index (κ2) is 9.34. The van der Waals surface area contributed by atoms with E-state index in [2.05, 4.69) is 0 Å². The van der Waals surface area contributed by atoms with Gasteiger partial charge in [-0.05, 0) is 11.8 Å². The highest BCUT2D eigenvalue weighted by molar-refractivity contribution is 7.78. The summed E-state index contributed by atoms with van der Waals surface area (Å²) in [4.78, 5) is 0. The summed E-state index contributed by atoms with van der Waals surface area (Å²) in [6.07, 6.45) is 4.94. The molecule has 0 spiro atoms. The molecule has 1 atom stereocenters. The molecule has 2 rings (SSSR count). The number of para-hydroxylation sites is 1. The molecule has 112 valence electrons. The molecule has 0 radical (unpaired) electrons. The number of benzene rings is 2. The minimum Gasteiger partial charge on any atom is -0.773 e. The zero-order valence-electron chi connectivity index (χ0n) is 11.5. The van der Waals surface area contributed by atoms with Crippen molar-refractivity contribution in [3.63, 3.8) is 0 Å². The van der Waals surface area contributed by atoms with Gasteiger partial charge in [0.25, 0.3) is 0 Å². The Bertz CT molecular complexity index is 608. The lowest BCUT2D eigenvalue weighted by Crippen LogP contribution is -1.82. The average Bonchev–Trinajstić information content (AvgIpc) is 2.47. The van der Waals surface area contributed by atoms with Crippen LogP contribution in [-0.2, 0) is 17.0 Å². The van der Waals surface area contributed by atoms with Gasteiger partial charge in [-0.2, -0.15) is 0 Å². The summed E-state index contributed by atoms with van der Waals surface area (Å²) < 4.78 is 18.0. The molecule has 0 aliphatic carbocycles. The zero-order chi connectivity index (χ0) is 15.7. The minimum atomic E-state index is -1.86. The Morgan fingerprint density at radius 1 is 1.14 bits per heavy atom. The fourth-order valence-electron chi connectivity index (χ4n) is 1.60. The van der Waals surface area contributed by atoms with Crippen LogP contribution >= 0.6 is 11.6 Å². The third-order valence-corrected chi connectivity index (χ3v) is 2.84. The minimum absolute atomic E-state index is 0.259. The Morgan fingerprint density at radius 2 is 1.76 bits per heavy atom. The summed E-state index contributed by atoms with van der Waals surface area (Å²) in [5.74, 6) is 0.577. The van der Waals surface area contributed by atoms with Crippen molar-refractivity contribution in [2.24, 2.45) is 0 Å². The van der Waals surface area contributed by atoms with E-state index >= 15 is 0 Å². The Morgan fingerprint density at radius 3 is 2.33 bits per heavy atom. The topological polar surface area (TPSA) is 60.4 Å². The van der Waals surface area contributed by atoms with E-state index < -0.39 is 11.1 Å². The first-order chi connectivity index (χ1) is 10.0. The summed E-state index contributed by atoms with van der Waals surface area (Å²) in [7, 11) is 0. The number of hydrogen-bond acceptors (Lipinski definition) is 3. The Labute approximate surface area is 132 Å². The molecular formula is C16H16ClO3S-. The first-order valence-corrected chi connectivity index (χ1v) is 8.17. The van der Waals surface area contributed by atoms with Gasteiger partial charge in [0.15, 0.2) is 0 Å². The van der Waals surface area contributed by atoms with Crippen LogP contribution < -0.4 is 0 Å². The van der Waals surface area contributed by atoms with E-state index in [1.165, 1.54) is 0 Å². The molecule has 2 aromatic carbocycles. The maximum atomic E-state index is 9.93. The first kappa shape index (κ1) is 17.4. The van der Waals surface area contributed by atoms with Crippen LogP contribution in [0.15, 0.2) is 48.5 Å². The predicted molar refractivity (Wildman–Crippen MR) is 87.9 cm³/mol. The van der Waals surface area contributed by atoms with Gasteiger partial charge in [0.2, 0.25) is 0 Å². The van der Waals surface area contributed by atoms with Crippen LogP contribution in [-0.4, -0.2) is 20.1 Å². The Kier molecular flexibility index (Phi) is 7.75. The highest BCUT2D eigenvalue weighted by Crippen LogP contribution is 2.25. The van der Waals surface area contributed by atoms with Gasteiger partial charge >= 0.3 is 0 Å². The van der Waals surface area contributed by atoms with Gasteiger partial charge in [-0.3, -0.25) is 4.21 Å². The molecular weight excluding hydrogens is 308 g/mol. The Hall–Kier alpha value is -1.62. The summed E-state index contributed by atoms with van der Waals surface area (Å²) in [5.41, 5.74) is 2.64. The van der Waals surface area contributed by atoms with E-state index in [0.29, 0.717) is 5.88 Å². The van der Waals surface area contributed by atoms with Gasteiger partial charge in [0.05, 0.1) is 5.88 Å². The fraction of sp³-hybridized carbons (Fsp3) is 0.125. The highest BCUT2D eigenvalue weighted by Gasteiger charge is 2.02. The second-order valence-electron chi connectivity index (χ2n) is 4.13. The van der Waals surface area contributed by atoms with Gasteiger partial charge < -0.3 is 9.66 Å². The van der Waals surface area contributed by atoms with Crippen LogP contribution in [0.4, 0.5) is 0 Å². The van der Waals surface area contributed by atoms with Crippen molar-refractivity contribution in [1.29, 1.82) is 0 Å². The zero-order valence-corrected chi connectivity index (χ0v) is 13.1. The molecule has 1 N–H and O–H groups in total. The van der Waals surface area contributed by atoms with Crippen molar-refractivity contribution in [3.05, 3.63) is 65.2 Å². The van der Waals surface area contributed by atoms with Gasteiger partial charge in [0.1, 0.15) is 5.75 Å². The van der Waals surface area contributed by atoms with Crippen LogP contribution in [0.3, 0.4) is 0 Å². The summed E-state index contributed by atoms with van der Waals surface area (Å²) in [5, 5.41) is 9.93. The molecule has 5 heteroatoms. The van der Waals surface area contributed by atoms with Gasteiger partial charge in [-0.25, -0.2) is 0 Å². The van der Waals surface area contributed by atoms with Crippen molar-refractivity contribution < 1.29 is 13.9 Å². The molecule has 0 saturated carbocycles. The van der Waals surface area contributed by atoms with E-state index in [4.69, 9.17) is 20.4 Å². The molecule has 0 amide bonds. The van der Waals surface area contributed by atoms with Gasteiger partial charge in [-0.15, -0.1) is 11.6 Å². The summed E-state index contributed by atoms with van der Waals surface area (Å²) >= 11 is 3.88. The third kappa shape index (κ3) is 6.58. The van der Waals surface area contributed by atoms with Crippen molar-refractivity contribution >= 4 is 34.8 Å². The van der Waals surface area contributed by atoms with Gasteiger partial charge in [-0.1, -0.05) is 71.8 Å². The Balaban J connectivity index is 0.000000491. The van der Waals surface area contributed by atoms with Crippen molar-refractivity contribution in [3.8, 4) is 5.75 Å². The molecule has 0 heterocycles. The smallest absolute Gasteiger partial charge is 0.127 e. The lowest BCUT2D eigenvalue weighted by molar-refractivity contribution is 0.469. The highest BCUT2D eigenvalue weighted by atomic mass is 35.5. The molecule has 0 bridgehead atoms. The summed E-state index contributed by atoms with van der Waals surface area (Å²) in [6, 6.07) is 15.5. The van der Waals surface area contributed by atoms with Gasteiger partial charge in [0, 0.05) is 11.1 Å². The number of phenols is 1. The SMILES string of the molecule is CS(=O)[O-].Oc1c(/C=C/c2ccccc2)cccc1CCl. The molecule has 0 aromatic heterocycles. The van der Waals surface area contributed by atoms with Crippen molar-refractivity contribution in [2.75, 3.05) is 6.26 Å². The maximum absolute atomic E-state index is 9.93. The maximum Gasteiger partial charge on any atom is 0.127 e. The molecule has 0 saturated heterocycles. The van der Waals surface area contributed by atoms with Crippen molar-refractivity contribution in [1.82, 2.24) is 0 Å². The first-order valence-electron chi connectivity index (χ1n) is 6.15. The van der Waals surface area contributed by atoms with Crippen LogP contribution in [0.2, 0.25) is 0 Å². The molecule has 2 aromatic rings. The molecule has 0 fully saturated rings. The van der Waals surface area contributed by atoms with E-state index in [9.17, 15) is 5.11 Å². The number of aromatic hydroxyl groups is 1. The number of alkyl halides is 1. The molecule has 0 aliphatic heterocycles. The van der Waals surface area contributed by atoms with Crippen LogP contribution in [0.1, 0.15) is 16.7 Å². The normalized spacial score (nSPS) is 11.8. The number of halogens is 1. The standard InChI is InChI=1S/C15H13ClO.CH4O2S/c16-11-14-8-4-7-13(15(14)17)10-9-12-5-2-1-3-6-12;1-4(2)3/h1-10,17H,11H2;1H3,(H,2,3)/p-1/b10-9+;. The van der Waals surface area contributed by atoms with E-state index in [-0.39, 0.29) is 5.75 Å². The monoisotopic (exact) mass is 323 g/mol. The lowest BCUT2D eigenvalue weighted by Gasteiger charge is -2.03. The molecule has 1 unspecified atom stereocenters.